The molecule has 2 aromatic rings. The average molecular weight is 303 g/mol. The first-order valence-corrected chi connectivity index (χ1v) is 7.32. The van der Waals surface area contributed by atoms with E-state index in [0.717, 1.165) is 5.56 Å². The lowest BCUT2D eigenvalue weighted by atomic mass is 10.2. The van der Waals surface area contributed by atoms with Crippen LogP contribution in [0.5, 0.6) is 5.75 Å². The van der Waals surface area contributed by atoms with Crippen molar-refractivity contribution >= 4 is 5.91 Å². The van der Waals surface area contributed by atoms with Crippen LogP contribution in [-0.4, -0.2) is 28.7 Å². The van der Waals surface area contributed by atoms with Crippen molar-refractivity contribution in [3.05, 3.63) is 30.1 Å². The summed E-state index contributed by atoms with van der Waals surface area (Å²) >= 11 is 0. The van der Waals surface area contributed by atoms with Gasteiger partial charge in [-0.15, -0.1) is 0 Å². The fraction of sp³-hybridized carbons (Fsp3) is 0.438. The molecule has 118 valence electrons. The number of nitrogens with zero attached hydrogens (tertiary/aromatic N) is 2. The minimum Gasteiger partial charge on any atom is -0.484 e. The van der Waals surface area contributed by atoms with Crippen LogP contribution in [0.4, 0.5) is 0 Å². The summed E-state index contributed by atoms with van der Waals surface area (Å²) in [5.41, 5.74) is 0.765. The Hall–Kier alpha value is -2.37. The zero-order chi connectivity index (χ0) is 16.1. The van der Waals surface area contributed by atoms with Crippen molar-refractivity contribution in [2.45, 2.75) is 39.7 Å². The van der Waals surface area contributed by atoms with Gasteiger partial charge in [-0.25, -0.2) is 0 Å². The molecule has 1 amide bonds. The minimum absolute atomic E-state index is 0.0251. The second-order valence-electron chi connectivity index (χ2n) is 5.65. The van der Waals surface area contributed by atoms with Gasteiger partial charge in [0.15, 0.2) is 12.4 Å². The Bertz CT molecular complexity index is 635. The van der Waals surface area contributed by atoms with E-state index in [1.54, 1.807) is 12.1 Å². The summed E-state index contributed by atoms with van der Waals surface area (Å²) in [6.07, 6.45) is 0. The maximum Gasteiger partial charge on any atom is 0.258 e. The highest BCUT2D eigenvalue weighted by Crippen LogP contribution is 2.23. The van der Waals surface area contributed by atoms with Crippen LogP contribution in [0.3, 0.4) is 0 Å². The van der Waals surface area contributed by atoms with E-state index in [4.69, 9.17) is 9.26 Å². The Labute approximate surface area is 129 Å². The first kappa shape index (κ1) is 16.0. The maximum atomic E-state index is 11.6. The van der Waals surface area contributed by atoms with E-state index < -0.39 is 0 Å². The third-order valence-electron chi connectivity index (χ3n) is 2.86. The lowest BCUT2D eigenvalue weighted by Crippen LogP contribution is -2.34. The topological polar surface area (TPSA) is 77.2 Å². The molecule has 0 atom stereocenters. The van der Waals surface area contributed by atoms with Crippen molar-refractivity contribution in [2.75, 3.05) is 6.61 Å². The molecule has 0 aliphatic rings. The molecule has 0 aliphatic heterocycles. The molecule has 0 saturated heterocycles. The zero-order valence-electron chi connectivity index (χ0n) is 13.3. The van der Waals surface area contributed by atoms with E-state index in [1.165, 1.54) is 0 Å². The van der Waals surface area contributed by atoms with E-state index in [2.05, 4.69) is 15.5 Å². The fourth-order valence-corrected chi connectivity index (χ4v) is 1.82. The molecule has 0 bridgehead atoms. The summed E-state index contributed by atoms with van der Waals surface area (Å²) < 4.78 is 10.7. The van der Waals surface area contributed by atoms with E-state index in [0.29, 0.717) is 17.5 Å². The minimum atomic E-state index is -0.153. The molecule has 1 aromatic heterocycles. The van der Waals surface area contributed by atoms with Crippen LogP contribution in [0.2, 0.25) is 0 Å². The van der Waals surface area contributed by atoms with Gasteiger partial charge in [0, 0.05) is 17.5 Å². The van der Waals surface area contributed by atoms with Crippen molar-refractivity contribution in [1.29, 1.82) is 0 Å². The molecular formula is C16H21N3O3. The number of rotatable bonds is 6. The molecule has 0 fully saturated rings. The number of carbonyl (C=O) groups is 1. The standard InChI is InChI=1S/C16H21N3O3/c1-10(2)15-18-16(22-19-15)12-6-5-7-13(8-12)21-9-14(20)17-11(3)4/h5-8,10-11H,9H2,1-4H3,(H,17,20). The lowest BCUT2D eigenvalue weighted by Gasteiger charge is -2.10. The number of ether oxygens (including phenoxy) is 1. The second kappa shape index (κ2) is 7.06. The highest BCUT2D eigenvalue weighted by molar-refractivity contribution is 5.77. The number of benzene rings is 1. The smallest absolute Gasteiger partial charge is 0.258 e. The van der Waals surface area contributed by atoms with Crippen LogP contribution in [0.1, 0.15) is 39.4 Å². The maximum absolute atomic E-state index is 11.6. The highest BCUT2D eigenvalue weighted by atomic mass is 16.5. The van der Waals surface area contributed by atoms with Gasteiger partial charge in [-0.05, 0) is 32.0 Å². The van der Waals surface area contributed by atoms with Crippen LogP contribution >= 0.6 is 0 Å². The Morgan fingerprint density at radius 1 is 1.32 bits per heavy atom. The third kappa shape index (κ3) is 4.31. The number of hydrogen-bond acceptors (Lipinski definition) is 5. The molecular weight excluding hydrogens is 282 g/mol. The molecule has 1 heterocycles. The molecule has 0 aliphatic carbocycles. The second-order valence-corrected chi connectivity index (χ2v) is 5.65. The molecule has 1 N–H and O–H groups in total. The number of carbonyl (C=O) groups excluding carboxylic acids is 1. The third-order valence-corrected chi connectivity index (χ3v) is 2.86. The molecule has 0 unspecified atom stereocenters. The molecule has 1 aromatic carbocycles. The largest absolute Gasteiger partial charge is 0.484 e. The van der Waals surface area contributed by atoms with Gasteiger partial charge in [-0.3, -0.25) is 4.79 Å². The number of amides is 1. The van der Waals surface area contributed by atoms with Crippen LogP contribution < -0.4 is 10.1 Å². The monoisotopic (exact) mass is 303 g/mol. The highest BCUT2D eigenvalue weighted by Gasteiger charge is 2.12. The molecule has 22 heavy (non-hydrogen) atoms. The zero-order valence-corrected chi connectivity index (χ0v) is 13.3. The van der Waals surface area contributed by atoms with Crippen LogP contribution in [0.25, 0.3) is 11.5 Å². The van der Waals surface area contributed by atoms with Crippen LogP contribution in [0.15, 0.2) is 28.8 Å². The van der Waals surface area contributed by atoms with Gasteiger partial charge < -0.3 is 14.6 Å². The first-order chi connectivity index (χ1) is 10.5. The summed E-state index contributed by atoms with van der Waals surface area (Å²) in [4.78, 5) is 15.9. The number of aromatic nitrogens is 2. The summed E-state index contributed by atoms with van der Waals surface area (Å²) in [7, 11) is 0. The Morgan fingerprint density at radius 3 is 2.73 bits per heavy atom. The summed E-state index contributed by atoms with van der Waals surface area (Å²) in [5, 5.41) is 6.71. The van der Waals surface area contributed by atoms with E-state index in [9.17, 15) is 4.79 Å². The van der Waals surface area contributed by atoms with Crippen LogP contribution in [0, 0.1) is 0 Å². The van der Waals surface area contributed by atoms with Gasteiger partial charge in [-0.1, -0.05) is 25.1 Å². The van der Waals surface area contributed by atoms with Crippen molar-refractivity contribution in [2.24, 2.45) is 0 Å². The summed E-state index contributed by atoms with van der Waals surface area (Å²) in [5.74, 6) is 1.75. The molecule has 6 heteroatoms. The van der Waals surface area contributed by atoms with Crippen LogP contribution in [-0.2, 0) is 4.79 Å². The van der Waals surface area contributed by atoms with Gasteiger partial charge in [0.05, 0.1) is 0 Å². The predicted molar refractivity (Wildman–Crippen MR) is 82.6 cm³/mol. The molecule has 6 nitrogen and oxygen atoms in total. The lowest BCUT2D eigenvalue weighted by molar-refractivity contribution is -0.123. The van der Waals surface area contributed by atoms with E-state index >= 15 is 0 Å². The molecule has 2 rings (SSSR count). The Kier molecular flexibility index (Phi) is 5.14. The van der Waals surface area contributed by atoms with Crippen molar-refractivity contribution in [1.82, 2.24) is 15.5 Å². The van der Waals surface area contributed by atoms with Gasteiger partial charge in [0.2, 0.25) is 0 Å². The molecule has 0 saturated carbocycles. The quantitative estimate of drug-likeness (QED) is 0.888. The van der Waals surface area contributed by atoms with Crippen molar-refractivity contribution < 1.29 is 14.1 Å². The number of nitrogens with one attached hydrogen (secondary N) is 1. The van der Waals surface area contributed by atoms with Crippen molar-refractivity contribution in [3.8, 4) is 17.2 Å². The summed E-state index contributed by atoms with van der Waals surface area (Å²) in [6, 6.07) is 7.34. The SMILES string of the molecule is CC(C)NC(=O)COc1cccc(-c2nc(C(C)C)no2)c1. The predicted octanol–water partition coefficient (Wildman–Crippen LogP) is 2.76. The van der Waals surface area contributed by atoms with Gasteiger partial charge in [0.25, 0.3) is 11.8 Å². The van der Waals surface area contributed by atoms with Crippen molar-refractivity contribution in [3.63, 3.8) is 0 Å². The molecule has 0 radical (unpaired) electrons. The van der Waals surface area contributed by atoms with E-state index in [-0.39, 0.29) is 24.5 Å². The van der Waals surface area contributed by atoms with Gasteiger partial charge in [-0.2, -0.15) is 4.98 Å². The van der Waals surface area contributed by atoms with E-state index in [1.807, 2.05) is 39.8 Å². The first-order valence-electron chi connectivity index (χ1n) is 7.32. The average Bonchev–Trinajstić information content (AvgIpc) is 2.95. The number of hydrogen-bond donors (Lipinski definition) is 1. The Morgan fingerprint density at radius 2 is 2.09 bits per heavy atom. The molecule has 0 spiro atoms. The van der Waals surface area contributed by atoms with Gasteiger partial charge in [0.1, 0.15) is 5.75 Å². The Balaban J connectivity index is 2.04. The van der Waals surface area contributed by atoms with Gasteiger partial charge >= 0.3 is 0 Å². The normalized spacial score (nSPS) is 11.0. The fourth-order valence-electron chi connectivity index (χ4n) is 1.82. The summed E-state index contributed by atoms with van der Waals surface area (Å²) in [6.45, 7) is 7.78.